The van der Waals surface area contributed by atoms with Crippen LogP contribution >= 0.6 is 0 Å². The standard InChI is InChI=1S/C21H27NO3/c1-14(2)6-7-25-20-5-4-16-9-18(15(3)8-17(16)10-20)11-22-12-19(13-22)21(23)24/h4-6,9-10,15,19H,7-8,11-13H2,1-3H3,(H,23,24)/t15-/m1/s1. The number of fused-ring (bicyclic) bond motifs is 1. The van der Waals surface area contributed by atoms with Crippen LogP contribution < -0.4 is 4.74 Å². The van der Waals surface area contributed by atoms with E-state index in [-0.39, 0.29) is 5.92 Å². The molecular weight excluding hydrogens is 314 g/mol. The van der Waals surface area contributed by atoms with Crippen LogP contribution in [0, 0.1) is 11.8 Å². The van der Waals surface area contributed by atoms with Gasteiger partial charge in [-0.05, 0) is 55.5 Å². The normalized spacial score (nSPS) is 20.3. The molecule has 1 aliphatic carbocycles. The number of carbonyl (C=O) groups is 1. The summed E-state index contributed by atoms with van der Waals surface area (Å²) in [4.78, 5) is 13.2. The van der Waals surface area contributed by atoms with Crippen molar-refractivity contribution in [1.82, 2.24) is 4.90 Å². The van der Waals surface area contributed by atoms with E-state index in [0.717, 1.165) is 18.7 Å². The van der Waals surface area contributed by atoms with Gasteiger partial charge in [-0.15, -0.1) is 0 Å². The van der Waals surface area contributed by atoms with Crippen molar-refractivity contribution in [2.24, 2.45) is 11.8 Å². The number of rotatable bonds is 6. The van der Waals surface area contributed by atoms with Crippen molar-refractivity contribution in [3.8, 4) is 5.75 Å². The summed E-state index contributed by atoms with van der Waals surface area (Å²) in [6.45, 7) is 9.22. The first-order chi connectivity index (χ1) is 11.9. The topological polar surface area (TPSA) is 49.8 Å². The Hall–Kier alpha value is -2.07. The Bertz CT molecular complexity index is 710. The average molecular weight is 341 g/mol. The number of allylic oxidation sites excluding steroid dienone is 1. The Morgan fingerprint density at radius 1 is 1.36 bits per heavy atom. The van der Waals surface area contributed by atoms with E-state index in [1.807, 2.05) is 6.07 Å². The van der Waals surface area contributed by atoms with Gasteiger partial charge in [-0.25, -0.2) is 0 Å². The molecule has 1 N–H and O–H groups in total. The number of ether oxygens (including phenoxy) is 1. The number of aliphatic carboxylic acids is 1. The summed E-state index contributed by atoms with van der Waals surface area (Å²) in [5.74, 6) is 0.539. The molecule has 0 amide bonds. The van der Waals surface area contributed by atoms with Gasteiger partial charge >= 0.3 is 5.97 Å². The Kier molecular flexibility index (Phi) is 5.28. The fourth-order valence-electron chi connectivity index (χ4n) is 3.41. The molecule has 4 heteroatoms. The van der Waals surface area contributed by atoms with Gasteiger partial charge < -0.3 is 9.84 Å². The smallest absolute Gasteiger partial charge is 0.309 e. The highest BCUT2D eigenvalue weighted by molar-refractivity contribution is 5.71. The second-order valence-corrected chi connectivity index (χ2v) is 7.51. The van der Waals surface area contributed by atoms with Crippen molar-refractivity contribution in [1.29, 1.82) is 0 Å². The van der Waals surface area contributed by atoms with E-state index in [1.54, 1.807) is 0 Å². The van der Waals surface area contributed by atoms with Gasteiger partial charge in [0.15, 0.2) is 0 Å². The van der Waals surface area contributed by atoms with E-state index in [1.165, 1.54) is 22.3 Å². The van der Waals surface area contributed by atoms with E-state index in [0.29, 0.717) is 25.6 Å². The van der Waals surface area contributed by atoms with Crippen LogP contribution in [0.25, 0.3) is 6.08 Å². The molecular formula is C21H27NO3. The van der Waals surface area contributed by atoms with Crippen molar-refractivity contribution in [2.75, 3.05) is 26.2 Å². The lowest BCUT2D eigenvalue weighted by atomic mass is 9.83. The number of hydrogen-bond donors (Lipinski definition) is 1. The highest BCUT2D eigenvalue weighted by Crippen LogP contribution is 2.32. The summed E-state index contributed by atoms with van der Waals surface area (Å²) in [6.07, 6.45) is 5.37. The Labute approximate surface area is 149 Å². The van der Waals surface area contributed by atoms with E-state index >= 15 is 0 Å². The zero-order chi connectivity index (χ0) is 18.0. The molecule has 134 valence electrons. The maximum atomic E-state index is 10.9. The maximum absolute atomic E-state index is 10.9. The predicted molar refractivity (Wildman–Crippen MR) is 99.8 cm³/mol. The van der Waals surface area contributed by atoms with Crippen LogP contribution in [0.2, 0.25) is 0 Å². The van der Waals surface area contributed by atoms with Crippen LogP contribution in [-0.4, -0.2) is 42.2 Å². The molecule has 25 heavy (non-hydrogen) atoms. The summed E-state index contributed by atoms with van der Waals surface area (Å²) < 4.78 is 5.81. The first-order valence-electron chi connectivity index (χ1n) is 8.97. The van der Waals surface area contributed by atoms with Crippen LogP contribution in [0.4, 0.5) is 0 Å². The van der Waals surface area contributed by atoms with Gasteiger partial charge in [-0.2, -0.15) is 0 Å². The largest absolute Gasteiger partial charge is 0.490 e. The van der Waals surface area contributed by atoms with Gasteiger partial charge in [0, 0.05) is 19.6 Å². The van der Waals surface area contributed by atoms with Gasteiger partial charge in [0.05, 0.1) is 5.92 Å². The Morgan fingerprint density at radius 3 is 2.80 bits per heavy atom. The summed E-state index contributed by atoms with van der Waals surface area (Å²) >= 11 is 0. The van der Waals surface area contributed by atoms with Gasteiger partial charge in [-0.3, -0.25) is 9.69 Å². The van der Waals surface area contributed by atoms with Gasteiger partial charge in [-0.1, -0.05) is 30.2 Å². The van der Waals surface area contributed by atoms with Crippen LogP contribution in [-0.2, 0) is 11.2 Å². The van der Waals surface area contributed by atoms with Crippen LogP contribution in [0.1, 0.15) is 31.9 Å². The predicted octanol–water partition coefficient (Wildman–Crippen LogP) is 3.62. The summed E-state index contributed by atoms with van der Waals surface area (Å²) in [5, 5.41) is 9.00. The molecule has 4 nitrogen and oxygen atoms in total. The highest BCUT2D eigenvalue weighted by Gasteiger charge is 2.33. The van der Waals surface area contributed by atoms with Gasteiger partial charge in [0.2, 0.25) is 0 Å². The van der Waals surface area contributed by atoms with Crippen molar-refractivity contribution < 1.29 is 14.6 Å². The molecule has 1 heterocycles. The third kappa shape index (κ3) is 4.31. The maximum Gasteiger partial charge on any atom is 0.309 e. The summed E-state index contributed by atoms with van der Waals surface area (Å²) in [5.41, 5.74) is 5.25. The lowest BCUT2D eigenvalue weighted by Crippen LogP contribution is -2.51. The molecule has 2 aliphatic rings. The fraction of sp³-hybridized carbons (Fsp3) is 0.476. The minimum Gasteiger partial charge on any atom is -0.490 e. The minimum absolute atomic E-state index is 0.188. The number of hydrogen-bond acceptors (Lipinski definition) is 3. The first kappa shape index (κ1) is 17.7. The molecule has 1 aromatic rings. The molecule has 1 aliphatic heterocycles. The Morgan fingerprint density at radius 2 is 2.12 bits per heavy atom. The van der Waals surface area contributed by atoms with Crippen molar-refractivity contribution in [3.05, 3.63) is 46.5 Å². The van der Waals surface area contributed by atoms with Crippen molar-refractivity contribution in [3.63, 3.8) is 0 Å². The Balaban J connectivity index is 1.64. The number of carboxylic acid groups (broad SMARTS) is 1. The third-order valence-electron chi connectivity index (χ3n) is 5.07. The lowest BCUT2D eigenvalue weighted by molar-refractivity contribution is -0.147. The zero-order valence-corrected chi connectivity index (χ0v) is 15.3. The molecule has 1 aromatic carbocycles. The molecule has 3 rings (SSSR count). The van der Waals surface area contributed by atoms with Crippen molar-refractivity contribution in [2.45, 2.75) is 27.2 Å². The number of benzene rings is 1. The highest BCUT2D eigenvalue weighted by atomic mass is 16.5. The molecule has 1 atom stereocenters. The molecule has 0 spiro atoms. The van der Waals surface area contributed by atoms with Gasteiger partial charge in [0.1, 0.15) is 12.4 Å². The van der Waals surface area contributed by atoms with Crippen molar-refractivity contribution >= 4 is 12.0 Å². The number of carboxylic acids is 1. The molecule has 0 unspecified atom stereocenters. The number of likely N-dealkylation sites (tertiary alicyclic amines) is 1. The molecule has 0 aromatic heterocycles. The molecule has 1 saturated heterocycles. The van der Waals surface area contributed by atoms with E-state index in [4.69, 9.17) is 9.84 Å². The van der Waals surface area contributed by atoms with Crippen LogP contribution in [0.3, 0.4) is 0 Å². The zero-order valence-electron chi connectivity index (χ0n) is 15.3. The summed E-state index contributed by atoms with van der Waals surface area (Å²) in [7, 11) is 0. The molecule has 0 bridgehead atoms. The fourth-order valence-corrected chi connectivity index (χ4v) is 3.41. The van der Waals surface area contributed by atoms with Gasteiger partial charge in [0.25, 0.3) is 0 Å². The summed E-state index contributed by atoms with van der Waals surface area (Å²) in [6, 6.07) is 6.32. The van der Waals surface area contributed by atoms with E-state index in [9.17, 15) is 4.79 Å². The SMILES string of the molecule is CC(C)=CCOc1ccc2c(c1)C[C@@H](C)C(CN1CC(C(=O)O)C1)=C2. The van der Waals surface area contributed by atoms with E-state index < -0.39 is 5.97 Å². The second kappa shape index (κ2) is 7.44. The lowest BCUT2D eigenvalue weighted by Gasteiger charge is -2.38. The average Bonchev–Trinajstić information content (AvgIpc) is 2.50. The van der Waals surface area contributed by atoms with Crippen LogP contribution in [0.5, 0.6) is 5.75 Å². The molecule has 1 fully saturated rings. The minimum atomic E-state index is -0.673. The van der Waals surface area contributed by atoms with E-state index in [2.05, 4.69) is 50.0 Å². The second-order valence-electron chi connectivity index (χ2n) is 7.51. The third-order valence-corrected chi connectivity index (χ3v) is 5.07. The quantitative estimate of drug-likeness (QED) is 0.803. The molecule has 0 saturated carbocycles. The monoisotopic (exact) mass is 341 g/mol. The van der Waals surface area contributed by atoms with Crippen LogP contribution in [0.15, 0.2) is 35.4 Å². The first-order valence-corrected chi connectivity index (χ1v) is 8.97. The molecule has 0 radical (unpaired) electrons. The number of nitrogens with zero attached hydrogens (tertiary/aromatic N) is 1.